The van der Waals surface area contributed by atoms with Crippen molar-refractivity contribution in [2.24, 2.45) is 4.99 Å². The van der Waals surface area contributed by atoms with Crippen LogP contribution < -0.4 is 16.0 Å². The summed E-state index contributed by atoms with van der Waals surface area (Å²) in [5.74, 6) is 0.503. The Balaban J connectivity index is 2.27. The number of nitrogens with zero attached hydrogens (tertiary/aromatic N) is 1. The van der Waals surface area contributed by atoms with Gasteiger partial charge in [-0.3, -0.25) is 9.79 Å². The molecular weight excluding hydrogens is 391 g/mol. The Bertz CT molecular complexity index is 600. The second-order valence-electron chi connectivity index (χ2n) is 5.53. The molecule has 0 saturated heterocycles. The van der Waals surface area contributed by atoms with Crippen molar-refractivity contribution in [3.63, 3.8) is 0 Å². The molecule has 0 fully saturated rings. The standard InChI is InChI=1S/C18H28Cl2N4O3/c1-3-21-18(23-7-4-10-27-12-11-26-2)24-9-8-22-17(25)14-5-6-15(19)16(20)13-14/h5-6,13H,3-4,7-12H2,1-2H3,(H,22,25)(H2,21,23,24). The first-order chi connectivity index (χ1) is 13.1. The third-order valence-electron chi connectivity index (χ3n) is 3.38. The Morgan fingerprint density at radius 2 is 1.85 bits per heavy atom. The van der Waals surface area contributed by atoms with Gasteiger partial charge in [-0.2, -0.15) is 0 Å². The molecule has 0 bridgehead atoms. The van der Waals surface area contributed by atoms with Gasteiger partial charge in [-0.15, -0.1) is 0 Å². The summed E-state index contributed by atoms with van der Waals surface area (Å²) in [7, 11) is 1.65. The van der Waals surface area contributed by atoms with Gasteiger partial charge in [0.25, 0.3) is 5.91 Å². The normalized spacial score (nSPS) is 11.3. The molecule has 0 aliphatic rings. The molecule has 0 radical (unpaired) electrons. The average Bonchev–Trinajstić information content (AvgIpc) is 2.66. The maximum absolute atomic E-state index is 12.1. The zero-order valence-corrected chi connectivity index (χ0v) is 17.3. The van der Waals surface area contributed by atoms with Crippen LogP contribution in [0.25, 0.3) is 0 Å². The molecule has 0 aliphatic heterocycles. The molecule has 152 valence electrons. The van der Waals surface area contributed by atoms with Crippen molar-refractivity contribution < 1.29 is 14.3 Å². The molecular formula is C18H28Cl2N4O3. The summed E-state index contributed by atoms with van der Waals surface area (Å²) < 4.78 is 10.3. The summed E-state index contributed by atoms with van der Waals surface area (Å²) in [5.41, 5.74) is 0.471. The smallest absolute Gasteiger partial charge is 0.251 e. The molecule has 0 aromatic heterocycles. The van der Waals surface area contributed by atoms with Crippen LogP contribution in [0.4, 0.5) is 0 Å². The lowest BCUT2D eigenvalue weighted by atomic mass is 10.2. The molecule has 0 heterocycles. The van der Waals surface area contributed by atoms with Crippen LogP contribution in [-0.2, 0) is 9.47 Å². The minimum Gasteiger partial charge on any atom is -0.382 e. The van der Waals surface area contributed by atoms with Crippen molar-refractivity contribution in [3.8, 4) is 0 Å². The summed E-state index contributed by atoms with van der Waals surface area (Å²) >= 11 is 11.8. The largest absolute Gasteiger partial charge is 0.382 e. The van der Waals surface area contributed by atoms with E-state index in [0.717, 1.165) is 13.0 Å². The fourth-order valence-electron chi connectivity index (χ4n) is 2.04. The van der Waals surface area contributed by atoms with Crippen LogP contribution in [0.15, 0.2) is 23.2 Å². The van der Waals surface area contributed by atoms with Crippen LogP contribution in [0.3, 0.4) is 0 Å². The third kappa shape index (κ3) is 10.4. The lowest BCUT2D eigenvalue weighted by Gasteiger charge is -2.12. The topological polar surface area (TPSA) is 84.0 Å². The lowest BCUT2D eigenvalue weighted by Crippen LogP contribution is -2.41. The van der Waals surface area contributed by atoms with Crippen molar-refractivity contribution in [2.45, 2.75) is 13.3 Å². The Hall–Kier alpha value is -1.54. The molecule has 0 atom stereocenters. The summed E-state index contributed by atoms with van der Waals surface area (Å²) in [5, 5.41) is 9.94. The van der Waals surface area contributed by atoms with Crippen LogP contribution in [0.2, 0.25) is 10.0 Å². The lowest BCUT2D eigenvalue weighted by molar-refractivity contribution is 0.0702. The monoisotopic (exact) mass is 418 g/mol. The quantitative estimate of drug-likeness (QED) is 0.275. The van der Waals surface area contributed by atoms with Gasteiger partial charge < -0.3 is 25.4 Å². The predicted molar refractivity (Wildman–Crippen MR) is 110 cm³/mol. The van der Waals surface area contributed by atoms with E-state index >= 15 is 0 Å². The number of nitrogens with one attached hydrogen (secondary N) is 3. The van der Waals surface area contributed by atoms with E-state index in [9.17, 15) is 4.79 Å². The molecule has 0 spiro atoms. The molecule has 0 aliphatic carbocycles. The van der Waals surface area contributed by atoms with Crippen molar-refractivity contribution in [2.75, 3.05) is 53.1 Å². The Labute approximate surface area is 170 Å². The molecule has 0 saturated carbocycles. The number of carbonyl (C=O) groups is 1. The molecule has 1 rings (SSSR count). The van der Waals surface area contributed by atoms with E-state index in [2.05, 4.69) is 20.9 Å². The molecule has 0 unspecified atom stereocenters. The number of hydrogen-bond donors (Lipinski definition) is 3. The van der Waals surface area contributed by atoms with Gasteiger partial charge in [0.1, 0.15) is 0 Å². The van der Waals surface area contributed by atoms with E-state index in [0.29, 0.717) is 61.0 Å². The van der Waals surface area contributed by atoms with Crippen molar-refractivity contribution >= 4 is 35.1 Å². The number of rotatable bonds is 12. The zero-order valence-electron chi connectivity index (χ0n) is 15.8. The van der Waals surface area contributed by atoms with Gasteiger partial charge in [0.2, 0.25) is 0 Å². The highest BCUT2D eigenvalue weighted by Gasteiger charge is 2.07. The number of guanidine groups is 1. The van der Waals surface area contributed by atoms with Gasteiger partial charge >= 0.3 is 0 Å². The zero-order chi connectivity index (χ0) is 19.9. The van der Waals surface area contributed by atoms with Gasteiger partial charge in [-0.05, 0) is 31.5 Å². The van der Waals surface area contributed by atoms with Crippen molar-refractivity contribution in [1.29, 1.82) is 0 Å². The number of methoxy groups -OCH3 is 1. The Kier molecular flexibility index (Phi) is 12.6. The minimum atomic E-state index is -0.203. The summed E-state index contributed by atoms with van der Waals surface area (Å²) in [4.78, 5) is 16.6. The van der Waals surface area contributed by atoms with Crippen LogP contribution in [0.1, 0.15) is 23.7 Å². The number of hydrogen-bond acceptors (Lipinski definition) is 4. The average molecular weight is 419 g/mol. The molecule has 1 aromatic rings. The Morgan fingerprint density at radius 1 is 1.07 bits per heavy atom. The maximum Gasteiger partial charge on any atom is 0.251 e. The number of halogens is 2. The first kappa shape index (κ1) is 23.5. The maximum atomic E-state index is 12.1. The van der Waals surface area contributed by atoms with Crippen molar-refractivity contribution in [3.05, 3.63) is 33.8 Å². The summed E-state index contributed by atoms with van der Waals surface area (Å²) in [6.45, 7) is 6.23. The van der Waals surface area contributed by atoms with Crippen LogP contribution >= 0.6 is 23.2 Å². The van der Waals surface area contributed by atoms with Gasteiger partial charge in [-0.1, -0.05) is 23.2 Å². The number of amides is 1. The van der Waals surface area contributed by atoms with E-state index in [-0.39, 0.29) is 5.91 Å². The molecule has 9 heteroatoms. The minimum absolute atomic E-state index is 0.203. The van der Waals surface area contributed by atoms with Gasteiger partial charge in [0.05, 0.1) is 23.3 Å². The molecule has 1 amide bonds. The highest BCUT2D eigenvalue weighted by atomic mass is 35.5. The SMILES string of the molecule is CCNC(=NCCCOCCOC)NCCNC(=O)c1ccc(Cl)c(Cl)c1. The van der Waals surface area contributed by atoms with E-state index in [1.165, 1.54) is 0 Å². The van der Waals surface area contributed by atoms with Gasteiger partial charge in [0.15, 0.2) is 5.96 Å². The van der Waals surface area contributed by atoms with E-state index in [1.807, 2.05) is 6.92 Å². The highest BCUT2D eigenvalue weighted by Crippen LogP contribution is 2.22. The number of aliphatic imine (C=N–C) groups is 1. The molecule has 27 heavy (non-hydrogen) atoms. The van der Waals surface area contributed by atoms with E-state index < -0.39 is 0 Å². The van der Waals surface area contributed by atoms with Gasteiger partial charge in [-0.25, -0.2) is 0 Å². The van der Waals surface area contributed by atoms with Crippen molar-refractivity contribution in [1.82, 2.24) is 16.0 Å². The molecule has 3 N–H and O–H groups in total. The van der Waals surface area contributed by atoms with Crippen LogP contribution in [0, 0.1) is 0 Å². The van der Waals surface area contributed by atoms with Crippen LogP contribution in [0.5, 0.6) is 0 Å². The van der Waals surface area contributed by atoms with E-state index in [4.69, 9.17) is 32.7 Å². The number of carbonyl (C=O) groups excluding carboxylic acids is 1. The number of benzene rings is 1. The van der Waals surface area contributed by atoms with E-state index in [1.54, 1.807) is 25.3 Å². The summed E-state index contributed by atoms with van der Waals surface area (Å²) in [6.07, 6.45) is 0.828. The Morgan fingerprint density at radius 3 is 2.56 bits per heavy atom. The molecule has 7 nitrogen and oxygen atoms in total. The second-order valence-corrected chi connectivity index (χ2v) is 6.35. The predicted octanol–water partition coefficient (Wildman–Crippen LogP) is 2.33. The summed E-state index contributed by atoms with van der Waals surface area (Å²) in [6, 6.07) is 4.79. The first-order valence-electron chi connectivity index (χ1n) is 8.90. The van der Waals surface area contributed by atoms with Gasteiger partial charge in [0, 0.05) is 45.5 Å². The fourth-order valence-corrected chi connectivity index (χ4v) is 2.34. The molecule has 1 aromatic carbocycles. The third-order valence-corrected chi connectivity index (χ3v) is 4.12. The second kappa shape index (κ2) is 14.5. The van der Waals surface area contributed by atoms with Crippen LogP contribution in [-0.4, -0.2) is 65.0 Å². The number of ether oxygens (including phenoxy) is 2. The first-order valence-corrected chi connectivity index (χ1v) is 9.66. The fraction of sp³-hybridized carbons (Fsp3) is 0.556. The highest BCUT2D eigenvalue weighted by molar-refractivity contribution is 6.42.